The van der Waals surface area contributed by atoms with Gasteiger partial charge < -0.3 is 10.6 Å². The molecule has 2 amide bonds. The fourth-order valence-corrected chi connectivity index (χ4v) is 2.60. The smallest absolute Gasteiger partial charge is 0.256 e. The fourth-order valence-electron chi connectivity index (χ4n) is 2.41. The Morgan fingerprint density at radius 2 is 1.73 bits per heavy atom. The average molecular weight is 366 g/mol. The molecule has 0 unspecified atom stereocenters. The van der Waals surface area contributed by atoms with Crippen molar-refractivity contribution in [1.82, 2.24) is 4.98 Å². The van der Waals surface area contributed by atoms with Crippen molar-refractivity contribution in [2.45, 2.75) is 6.92 Å². The summed E-state index contributed by atoms with van der Waals surface area (Å²) in [4.78, 5) is 28.8. The van der Waals surface area contributed by atoms with Gasteiger partial charge in [-0.05, 0) is 55.0 Å². The summed E-state index contributed by atoms with van der Waals surface area (Å²) >= 11 is 5.92. The molecule has 0 spiro atoms. The number of aromatic nitrogens is 1. The Balaban J connectivity index is 1.79. The number of nitrogens with one attached hydrogen (secondary N) is 2. The van der Waals surface area contributed by atoms with Crippen LogP contribution in [0.25, 0.3) is 0 Å². The standard InChI is InChI=1S/C20H16ClN3O2/c1-13-7-8-16(23-19(25)14-4-2-5-15(21)10-14)11-18(13)20(26)24-17-6-3-9-22-12-17/h2-12H,1H3,(H,23,25)(H,24,26). The lowest BCUT2D eigenvalue weighted by Gasteiger charge is -2.11. The summed E-state index contributed by atoms with van der Waals surface area (Å²) in [6, 6.07) is 15.3. The number of amides is 2. The van der Waals surface area contributed by atoms with Crippen molar-refractivity contribution in [3.63, 3.8) is 0 Å². The number of carbonyl (C=O) groups is 2. The Morgan fingerprint density at radius 3 is 2.46 bits per heavy atom. The van der Waals surface area contributed by atoms with Crippen LogP contribution in [0.3, 0.4) is 0 Å². The molecule has 1 aromatic heterocycles. The molecule has 3 rings (SSSR count). The van der Waals surface area contributed by atoms with Crippen molar-refractivity contribution in [3.8, 4) is 0 Å². The summed E-state index contributed by atoms with van der Waals surface area (Å²) in [5.74, 6) is -0.565. The number of benzene rings is 2. The van der Waals surface area contributed by atoms with Gasteiger partial charge in [-0.15, -0.1) is 0 Å². The molecule has 130 valence electrons. The SMILES string of the molecule is Cc1ccc(NC(=O)c2cccc(Cl)c2)cc1C(=O)Nc1cccnc1. The number of anilines is 2. The lowest BCUT2D eigenvalue weighted by atomic mass is 10.1. The number of rotatable bonds is 4. The molecule has 1 heterocycles. The lowest BCUT2D eigenvalue weighted by Crippen LogP contribution is -2.16. The second-order valence-corrected chi connectivity index (χ2v) is 6.13. The highest BCUT2D eigenvalue weighted by Gasteiger charge is 2.12. The van der Waals surface area contributed by atoms with E-state index < -0.39 is 0 Å². The highest BCUT2D eigenvalue weighted by Crippen LogP contribution is 2.19. The van der Waals surface area contributed by atoms with Crippen molar-refractivity contribution in [2.75, 3.05) is 10.6 Å². The first kappa shape index (κ1) is 17.6. The Hall–Kier alpha value is -3.18. The van der Waals surface area contributed by atoms with Gasteiger partial charge in [0.25, 0.3) is 11.8 Å². The lowest BCUT2D eigenvalue weighted by molar-refractivity contribution is 0.101. The van der Waals surface area contributed by atoms with Gasteiger partial charge in [-0.2, -0.15) is 0 Å². The zero-order valence-electron chi connectivity index (χ0n) is 14.0. The zero-order chi connectivity index (χ0) is 18.5. The second kappa shape index (κ2) is 7.80. The van der Waals surface area contributed by atoms with Gasteiger partial charge in [0.15, 0.2) is 0 Å². The Bertz CT molecular complexity index is 958. The Labute approximate surface area is 156 Å². The van der Waals surface area contributed by atoms with Gasteiger partial charge in [0, 0.05) is 28.0 Å². The highest BCUT2D eigenvalue weighted by atomic mass is 35.5. The van der Waals surface area contributed by atoms with Gasteiger partial charge in [-0.3, -0.25) is 14.6 Å². The average Bonchev–Trinajstić information content (AvgIpc) is 2.64. The van der Waals surface area contributed by atoms with E-state index >= 15 is 0 Å². The first-order chi connectivity index (χ1) is 12.5. The first-order valence-corrected chi connectivity index (χ1v) is 8.30. The van der Waals surface area contributed by atoms with Crippen LogP contribution in [0.15, 0.2) is 67.0 Å². The fraction of sp³-hybridized carbons (Fsp3) is 0.0500. The van der Waals surface area contributed by atoms with Gasteiger partial charge in [-0.1, -0.05) is 23.7 Å². The minimum Gasteiger partial charge on any atom is -0.322 e. The van der Waals surface area contributed by atoms with E-state index in [-0.39, 0.29) is 11.8 Å². The maximum Gasteiger partial charge on any atom is 0.256 e. The van der Waals surface area contributed by atoms with Gasteiger partial charge in [-0.25, -0.2) is 0 Å². The highest BCUT2D eigenvalue weighted by molar-refractivity contribution is 6.31. The first-order valence-electron chi connectivity index (χ1n) is 7.92. The molecule has 0 fully saturated rings. The predicted molar refractivity (Wildman–Crippen MR) is 103 cm³/mol. The molecule has 0 bridgehead atoms. The third kappa shape index (κ3) is 4.26. The summed E-state index contributed by atoms with van der Waals surface area (Å²) in [5.41, 5.74) is 2.84. The van der Waals surface area contributed by atoms with Crippen LogP contribution in [0, 0.1) is 6.92 Å². The number of aryl methyl sites for hydroxylation is 1. The van der Waals surface area contributed by atoms with E-state index in [1.165, 1.54) is 0 Å². The summed E-state index contributed by atoms with van der Waals surface area (Å²) in [7, 11) is 0. The summed E-state index contributed by atoms with van der Waals surface area (Å²) in [5, 5.41) is 6.05. The number of halogens is 1. The van der Waals surface area contributed by atoms with Crippen LogP contribution in [0.4, 0.5) is 11.4 Å². The van der Waals surface area contributed by atoms with Crippen molar-refractivity contribution >= 4 is 34.8 Å². The second-order valence-electron chi connectivity index (χ2n) is 5.69. The normalized spacial score (nSPS) is 10.2. The summed E-state index contributed by atoms with van der Waals surface area (Å²) < 4.78 is 0. The molecule has 0 aliphatic rings. The Morgan fingerprint density at radius 1 is 0.923 bits per heavy atom. The molecule has 0 aliphatic heterocycles. The largest absolute Gasteiger partial charge is 0.322 e. The van der Waals surface area contributed by atoms with Crippen LogP contribution in [0.1, 0.15) is 26.3 Å². The van der Waals surface area contributed by atoms with Crippen LogP contribution >= 0.6 is 11.6 Å². The number of hydrogen-bond donors (Lipinski definition) is 2. The predicted octanol–water partition coefficient (Wildman–Crippen LogP) is 4.55. The summed E-state index contributed by atoms with van der Waals surface area (Å²) in [6.45, 7) is 1.83. The number of carbonyl (C=O) groups excluding carboxylic acids is 2. The monoisotopic (exact) mass is 365 g/mol. The van der Waals surface area contributed by atoms with Crippen LogP contribution < -0.4 is 10.6 Å². The van der Waals surface area contributed by atoms with Gasteiger partial charge >= 0.3 is 0 Å². The topological polar surface area (TPSA) is 71.1 Å². The number of pyridine rings is 1. The van der Waals surface area contributed by atoms with Crippen molar-refractivity contribution in [1.29, 1.82) is 0 Å². The van der Waals surface area contributed by atoms with Crippen LogP contribution in [0.2, 0.25) is 5.02 Å². The molecule has 26 heavy (non-hydrogen) atoms. The van der Waals surface area contributed by atoms with Crippen molar-refractivity contribution in [2.24, 2.45) is 0 Å². The van der Waals surface area contributed by atoms with Crippen LogP contribution in [-0.4, -0.2) is 16.8 Å². The van der Waals surface area contributed by atoms with E-state index in [0.29, 0.717) is 27.5 Å². The molecule has 0 saturated heterocycles. The van der Waals surface area contributed by atoms with Crippen LogP contribution in [0.5, 0.6) is 0 Å². The molecule has 6 heteroatoms. The van der Waals surface area contributed by atoms with Crippen LogP contribution in [-0.2, 0) is 0 Å². The van der Waals surface area contributed by atoms with Gasteiger partial charge in [0.2, 0.25) is 0 Å². The van der Waals surface area contributed by atoms with E-state index in [2.05, 4.69) is 15.6 Å². The zero-order valence-corrected chi connectivity index (χ0v) is 14.7. The molecular formula is C20H16ClN3O2. The Kier molecular flexibility index (Phi) is 5.29. The number of hydrogen-bond acceptors (Lipinski definition) is 3. The van der Waals surface area contributed by atoms with E-state index in [0.717, 1.165) is 5.56 Å². The molecular weight excluding hydrogens is 350 g/mol. The molecule has 0 atom stereocenters. The van der Waals surface area contributed by atoms with Crippen molar-refractivity contribution < 1.29 is 9.59 Å². The maximum absolute atomic E-state index is 12.5. The molecule has 0 saturated carbocycles. The molecule has 0 aliphatic carbocycles. The molecule has 2 aromatic carbocycles. The molecule has 5 nitrogen and oxygen atoms in total. The van der Waals surface area contributed by atoms with Gasteiger partial charge in [0.1, 0.15) is 0 Å². The quantitative estimate of drug-likeness (QED) is 0.712. The maximum atomic E-state index is 12.5. The molecule has 3 aromatic rings. The molecule has 2 N–H and O–H groups in total. The summed E-state index contributed by atoms with van der Waals surface area (Å²) in [6.07, 6.45) is 3.20. The minimum absolute atomic E-state index is 0.269. The number of nitrogens with zero attached hydrogens (tertiary/aromatic N) is 1. The third-order valence-corrected chi connectivity index (χ3v) is 3.98. The van der Waals surface area contributed by atoms with E-state index in [4.69, 9.17) is 11.6 Å². The third-order valence-electron chi connectivity index (χ3n) is 3.75. The van der Waals surface area contributed by atoms with E-state index in [9.17, 15) is 9.59 Å². The van der Waals surface area contributed by atoms with Crippen molar-refractivity contribution in [3.05, 3.63) is 88.7 Å². The molecule has 0 radical (unpaired) electrons. The van der Waals surface area contributed by atoms with E-state index in [1.54, 1.807) is 67.0 Å². The van der Waals surface area contributed by atoms with Gasteiger partial charge in [0.05, 0.1) is 11.9 Å². The minimum atomic E-state index is -0.296. The van der Waals surface area contributed by atoms with E-state index in [1.807, 2.05) is 6.92 Å².